The molecule has 0 bridgehead atoms. The van der Waals surface area contributed by atoms with Gasteiger partial charge in [0.15, 0.2) is 0 Å². The van der Waals surface area contributed by atoms with Crippen molar-refractivity contribution in [3.05, 3.63) is 99.0 Å². The van der Waals surface area contributed by atoms with Gasteiger partial charge in [-0.05, 0) is 53.6 Å². The number of nitrogens with two attached hydrogens (primary N) is 1. The van der Waals surface area contributed by atoms with Crippen LogP contribution >= 0.6 is 34.8 Å². The molecule has 0 aliphatic heterocycles. The van der Waals surface area contributed by atoms with Gasteiger partial charge in [0, 0.05) is 38.5 Å². The number of methoxy groups -OCH3 is 1. The number of carbonyl (C=O) groups is 1. The van der Waals surface area contributed by atoms with Crippen LogP contribution in [-0.2, 0) is 6.54 Å². The van der Waals surface area contributed by atoms with E-state index in [0.29, 0.717) is 32.9 Å². The SMILES string of the molecule is COc1ccc(Cn2c3cc(-c4c(Cl)cccc4Cl)ccc3c3c(C(N)=O)cccc32)cc1Cl. The van der Waals surface area contributed by atoms with Gasteiger partial charge in [-0.25, -0.2) is 0 Å². The number of fused-ring (bicyclic) bond motifs is 3. The second-order valence-corrected chi connectivity index (χ2v) is 9.17. The first kappa shape index (κ1) is 22.6. The third kappa shape index (κ3) is 3.78. The van der Waals surface area contributed by atoms with Gasteiger partial charge in [-0.15, -0.1) is 0 Å². The highest BCUT2D eigenvalue weighted by molar-refractivity contribution is 6.39. The Hall–Kier alpha value is -3.18. The molecule has 5 aromatic rings. The average molecular weight is 510 g/mol. The van der Waals surface area contributed by atoms with E-state index in [1.54, 1.807) is 13.2 Å². The predicted molar refractivity (Wildman–Crippen MR) is 141 cm³/mol. The number of amides is 1. The molecule has 0 spiro atoms. The van der Waals surface area contributed by atoms with Crippen LogP contribution in [0.4, 0.5) is 0 Å². The predicted octanol–water partition coefficient (Wildman–Crippen LogP) is 7.58. The van der Waals surface area contributed by atoms with Crippen molar-refractivity contribution in [3.63, 3.8) is 0 Å². The number of hydrogen-bond acceptors (Lipinski definition) is 2. The highest BCUT2D eigenvalue weighted by atomic mass is 35.5. The Morgan fingerprint density at radius 3 is 2.29 bits per heavy atom. The van der Waals surface area contributed by atoms with E-state index in [-0.39, 0.29) is 0 Å². The summed E-state index contributed by atoms with van der Waals surface area (Å²) in [5.41, 5.74) is 10.6. The third-order valence-corrected chi connectivity index (χ3v) is 6.89. The Morgan fingerprint density at radius 1 is 0.882 bits per heavy atom. The van der Waals surface area contributed by atoms with E-state index in [1.165, 1.54) is 0 Å². The van der Waals surface area contributed by atoms with Gasteiger partial charge in [-0.3, -0.25) is 4.79 Å². The zero-order valence-electron chi connectivity index (χ0n) is 18.1. The fourth-order valence-electron chi connectivity index (χ4n) is 4.44. The highest BCUT2D eigenvalue weighted by Gasteiger charge is 2.18. The number of ether oxygens (including phenoxy) is 1. The van der Waals surface area contributed by atoms with Crippen LogP contribution in [-0.4, -0.2) is 17.6 Å². The quantitative estimate of drug-likeness (QED) is 0.265. The molecule has 0 aliphatic rings. The molecule has 5 rings (SSSR count). The summed E-state index contributed by atoms with van der Waals surface area (Å²) in [6.07, 6.45) is 0. The molecular weight excluding hydrogens is 491 g/mol. The van der Waals surface area contributed by atoms with Gasteiger partial charge in [-0.2, -0.15) is 0 Å². The second kappa shape index (κ2) is 8.88. The normalized spacial score (nSPS) is 11.3. The van der Waals surface area contributed by atoms with Crippen molar-refractivity contribution in [2.75, 3.05) is 7.11 Å². The summed E-state index contributed by atoms with van der Waals surface area (Å²) < 4.78 is 7.43. The topological polar surface area (TPSA) is 57.2 Å². The molecule has 34 heavy (non-hydrogen) atoms. The fraction of sp³-hybridized carbons (Fsp3) is 0.0741. The van der Waals surface area contributed by atoms with E-state index >= 15 is 0 Å². The van der Waals surface area contributed by atoms with Gasteiger partial charge < -0.3 is 15.0 Å². The lowest BCUT2D eigenvalue weighted by atomic mass is 10.0. The summed E-state index contributed by atoms with van der Waals surface area (Å²) in [5, 5.41) is 3.38. The van der Waals surface area contributed by atoms with Crippen molar-refractivity contribution in [1.29, 1.82) is 0 Å². The molecule has 0 radical (unpaired) electrons. The Balaban J connectivity index is 1.80. The summed E-state index contributed by atoms with van der Waals surface area (Å²) in [7, 11) is 1.58. The van der Waals surface area contributed by atoms with Crippen molar-refractivity contribution < 1.29 is 9.53 Å². The summed E-state index contributed by atoms with van der Waals surface area (Å²) in [4.78, 5) is 12.3. The van der Waals surface area contributed by atoms with Crippen LogP contribution in [0.1, 0.15) is 15.9 Å². The number of halogens is 3. The number of aromatic nitrogens is 1. The highest BCUT2D eigenvalue weighted by Crippen LogP contribution is 2.39. The average Bonchev–Trinajstić information content (AvgIpc) is 3.12. The van der Waals surface area contributed by atoms with E-state index in [9.17, 15) is 4.79 Å². The monoisotopic (exact) mass is 508 g/mol. The Labute approximate surface area is 211 Å². The first-order valence-electron chi connectivity index (χ1n) is 10.5. The molecule has 1 aromatic heterocycles. The van der Waals surface area contributed by atoms with Crippen LogP contribution in [0, 0.1) is 0 Å². The van der Waals surface area contributed by atoms with Gasteiger partial charge >= 0.3 is 0 Å². The van der Waals surface area contributed by atoms with Crippen LogP contribution < -0.4 is 10.5 Å². The summed E-state index contributed by atoms with van der Waals surface area (Å²) in [5.74, 6) is 0.134. The van der Waals surface area contributed by atoms with Gasteiger partial charge in [0.1, 0.15) is 5.75 Å². The molecule has 1 amide bonds. The Kier molecular flexibility index (Phi) is 5.90. The van der Waals surface area contributed by atoms with E-state index in [2.05, 4.69) is 4.57 Å². The second-order valence-electron chi connectivity index (χ2n) is 7.95. The van der Waals surface area contributed by atoms with Gasteiger partial charge in [0.05, 0.1) is 23.2 Å². The van der Waals surface area contributed by atoms with E-state index in [1.807, 2.05) is 66.7 Å². The number of nitrogens with zero attached hydrogens (tertiary/aromatic N) is 1. The van der Waals surface area contributed by atoms with Crippen LogP contribution in [0.25, 0.3) is 32.9 Å². The molecule has 4 aromatic carbocycles. The van der Waals surface area contributed by atoms with Crippen molar-refractivity contribution in [2.45, 2.75) is 6.54 Å². The Bertz CT molecular complexity index is 1570. The molecule has 1 heterocycles. The van der Waals surface area contributed by atoms with Crippen LogP contribution in [0.15, 0.2) is 72.8 Å². The molecule has 0 aliphatic carbocycles. The zero-order valence-corrected chi connectivity index (χ0v) is 20.4. The molecule has 4 nitrogen and oxygen atoms in total. The van der Waals surface area contributed by atoms with E-state index in [4.69, 9.17) is 45.3 Å². The third-order valence-electron chi connectivity index (χ3n) is 5.96. The maximum absolute atomic E-state index is 12.3. The van der Waals surface area contributed by atoms with Crippen molar-refractivity contribution in [1.82, 2.24) is 4.57 Å². The summed E-state index contributed by atoms with van der Waals surface area (Å²) >= 11 is 19.4. The molecule has 0 saturated heterocycles. The molecule has 170 valence electrons. The Morgan fingerprint density at radius 2 is 1.62 bits per heavy atom. The lowest BCUT2D eigenvalue weighted by Crippen LogP contribution is -2.11. The van der Waals surface area contributed by atoms with Gasteiger partial charge in [-0.1, -0.05) is 65.1 Å². The van der Waals surface area contributed by atoms with Gasteiger partial charge in [0.25, 0.3) is 0 Å². The lowest BCUT2D eigenvalue weighted by Gasteiger charge is -2.12. The van der Waals surface area contributed by atoms with Crippen LogP contribution in [0.3, 0.4) is 0 Å². The first-order chi connectivity index (χ1) is 16.4. The molecule has 2 N–H and O–H groups in total. The minimum absolute atomic E-state index is 0.470. The number of primary amides is 1. The molecule has 0 fully saturated rings. The smallest absolute Gasteiger partial charge is 0.249 e. The van der Waals surface area contributed by atoms with Crippen molar-refractivity contribution >= 4 is 62.5 Å². The number of carbonyl (C=O) groups excluding carboxylic acids is 1. The minimum atomic E-state index is -0.477. The number of rotatable bonds is 5. The van der Waals surface area contributed by atoms with Crippen LogP contribution in [0.2, 0.25) is 15.1 Å². The largest absolute Gasteiger partial charge is 0.495 e. The first-order valence-corrected chi connectivity index (χ1v) is 11.6. The fourth-order valence-corrected chi connectivity index (χ4v) is 5.34. The van der Waals surface area contributed by atoms with E-state index < -0.39 is 5.91 Å². The molecule has 0 unspecified atom stereocenters. The molecule has 7 heteroatoms. The van der Waals surface area contributed by atoms with E-state index in [0.717, 1.165) is 38.5 Å². The zero-order chi connectivity index (χ0) is 24.0. The van der Waals surface area contributed by atoms with Crippen LogP contribution in [0.5, 0.6) is 5.75 Å². The standard InChI is InChI=1S/C27H19Cl3N2O2/c1-34-24-11-8-15(12-21(24)30)14-32-22-7-2-4-18(27(31)33)26(22)17-10-9-16(13-23(17)32)25-19(28)5-3-6-20(25)29/h2-13H,14H2,1H3,(H2,31,33). The molecular formula is C27H19Cl3N2O2. The van der Waals surface area contributed by atoms with Crippen molar-refractivity contribution in [3.8, 4) is 16.9 Å². The van der Waals surface area contributed by atoms with Gasteiger partial charge in [0.2, 0.25) is 5.91 Å². The maximum Gasteiger partial charge on any atom is 0.249 e. The minimum Gasteiger partial charge on any atom is -0.495 e. The molecule has 0 saturated carbocycles. The summed E-state index contributed by atoms with van der Waals surface area (Å²) in [6, 6.07) is 22.7. The lowest BCUT2D eigenvalue weighted by molar-refractivity contribution is 0.100. The molecule has 0 atom stereocenters. The maximum atomic E-state index is 12.3. The summed E-state index contributed by atoms with van der Waals surface area (Å²) in [6.45, 7) is 0.519. The number of hydrogen-bond donors (Lipinski definition) is 1. The van der Waals surface area contributed by atoms with Crippen molar-refractivity contribution in [2.24, 2.45) is 5.73 Å². The number of benzene rings is 4.